The molecule has 2 aromatic carbocycles. The Kier molecular flexibility index (Phi) is 9.07. The average Bonchev–Trinajstić information content (AvgIpc) is 2.63. The molecule has 0 radical (unpaired) electrons. The van der Waals surface area contributed by atoms with Crippen molar-refractivity contribution in [3.63, 3.8) is 0 Å². The zero-order chi connectivity index (χ0) is 21.1. The zero-order valence-corrected chi connectivity index (χ0v) is 15.1. The monoisotopic (exact) mass is 392 g/mol. The normalized spacial score (nSPS) is 12.6. The molecule has 2 aromatic rings. The van der Waals surface area contributed by atoms with Gasteiger partial charge in [0.15, 0.2) is 0 Å². The quantitative estimate of drug-likeness (QED) is 0.294. The van der Waals surface area contributed by atoms with Crippen LogP contribution in [0.5, 0.6) is 11.5 Å². The second-order valence-electron chi connectivity index (χ2n) is 5.85. The lowest BCUT2D eigenvalue weighted by molar-refractivity contribution is -0.787. The molecule has 0 spiro atoms. The molecule has 1 saturated heterocycles. The van der Waals surface area contributed by atoms with Crippen LogP contribution in [0, 0.1) is 0 Å². The topological polar surface area (TPSA) is 206 Å². The number of piperazine rings is 1. The molecule has 10 N–H and O–H groups in total. The van der Waals surface area contributed by atoms with Crippen LogP contribution < -0.4 is 32.3 Å². The Morgan fingerprint density at radius 1 is 0.750 bits per heavy atom. The van der Waals surface area contributed by atoms with Crippen LogP contribution in [0.1, 0.15) is 20.7 Å². The number of carboxylic acids is 2. The smallest absolute Gasteiger partial charge is 0.335 e. The Labute approximate surface area is 161 Å². The molecule has 0 aliphatic carbocycles. The number of carbonyl (C=O) groups is 2. The summed E-state index contributed by atoms with van der Waals surface area (Å²) < 4.78 is 0. The highest BCUT2D eigenvalue weighted by molar-refractivity contribution is 5.91. The van der Waals surface area contributed by atoms with Gasteiger partial charge in [0, 0.05) is 11.4 Å². The fourth-order valence-corrected chi connectivity index (χ4v) is 2.19. The van der Waals surface area contributed by atoms with Crippen LogP contribution in [0.4, 0.5) is 11.4 Å². The van der Waals surface area contributed by atoms with Gasteiger partial charge >= 0.3 is 11.9 Å². The first kappa shape index (κ1) is 22.5. The number of anilines is 2. The van der Waals surface area contributed by atoms with Crippen molar-refractivity contribution >= 4 is 23.3 Å². The molecule has 3 rings (SSSR count). The van der Waals surface area contributed by atoms with Crippen molar-refractivity contribution in [3.05, 3.63) is 47.5 Å². The second-order valence-corrected chi connectivity index (χ2v) is 5.85. The number of carboxylic acid groups (broad SMARTS) is 2. The predicted octanol–water partition coefficient (Wildman–Crippen LogP) is -2.79. The van der Waals surface area contributed by atoms with E-state index in [0.717, 1.165) is 12.1 Å². The molecule has 0 aromatic heterocycles. The van der Waals surface area contributed by atoms with Gasteiger partial charge < -0.3 is 42.5 Å². The molecule has 0 amide bonds. The number of aromatic carboxylic acids is 2. The van der Waals surface area contributed by atoms with Gasteiger partial charge in [-0.05, 0) is 36.4 Å². The van der Waals surface area contributed by atoms with Gasteiger partial charge in [0.1, 0.15) is 26.2 Å². The van der Waals surface area contributed by atoms with E-state index in [1.54, 1.807) is 0 Å². The van der Waals surface area contributed by atoms with Crippen molar-refractivity contribution in [2.75, 3.05) is 37.6 Å². The summed E-state index contributed by atoms with van der Waals surface area (Å²) in [7, 11) is 0. The molecule has 0 saturated carbocycles. The SMILES string of the molecule is C1C[NH2+]CC[NH2+]1.Nc1ccc(C(=O)O)c([O-])c1.Nc1ccc(C(=O)O)c([O-])c1. The Bertz CT molecular complexity index is 736. The lowest BCUT2D eigenvalue weighted by Crippen LogP contribution is -3.04. The largest absolute Gasteiger partial charge is 0.872 e. The number of nitrogen functional groups attached to an aromatic ring is 2. The summed E-state index contributed by atoms with van der Waals surface area (Å²) in [4.78, 5) is 20.6. The third-order valence-corrected chi connectivity index (χ3v) is 3.62. The van der Waals surface area contributed by atoms with Crippen molar-refractivity contribution in [1.29, 1.82) is 0 Å². The van der Waals surface area contributed by atoms with Crippen LogP contribution in [-0.4, -0.2) is 48.3 Å². The van der Waals surface area contributed by atoms with Gasteiger partial charge in [0.2, 0.25) is 0 Å². The maximum absolute atomic E-state index is 10.8. The molecule has 1 aliphatic heterocycles. The van der Waals surface area contributed by atoms with Crippen LogP contribution in [0.25, 0.3) is 0 Å². The molecule has 152 valence electrons. The van der Waals surface area contributed by atoms with Gasteiger partial charge in [0.05, 0.1) is 11.1 Å². The van der Waals surface area contributed by atoms with E-state index < -0.39 is 23.4 Å². The lowest BCUT2D eigenvalue weighted by atomic mass is 10.2. The highest BCUT2D eigenvalue weighted by atomic mass is 16.4. The first-order valence-electron chi connectivity index (χ1n) is 8.45. The van der Waals surface area contributed by atoms with E-state index in [2.05, 4.69) is 10.6 Å². The average molecular weight is 392 g/mol. The molecule has 28 heavy (non-hydrogen) atoms. The van der Waals surface area contributed by atoms with Gasteiger partial charge in [-0.3, -0.25) is 0 Å². The Balaban J connectivity index is 0.000000219. The van der Waals surface area contributed by atoms with E-state index in [9.17, 15) is 19.8 Å². The first-order valence-corrected chi connectivity index (χ1v) is 8.45. The predicted molar refractivity (Wildman–Crippen MR) is 97.8 cm³/mol. The third-order valence-electron chi connectivity index (χ3n) is 3.62. The van der Waals surface area contributed by atoms with Crippen LogP contribution in [0.2, 0.25) is 0 Å². The maximum Gasteiger partial charge on any atom is 0.335 e. The first-order chi connectivity index (χ1) is 13.2. The molecule has 0 unspecified atom stereocenters. The van der Waals surface area contributed by atoms with E-state index in [1.807, 2.05) is 0 Å². The van der Waals surface area contributed by atoms with Crippen molar-refractivity contribution in [2.24, 2.45) is 0 Å². The lowest BCUT2D eigenvalue weighted by Gasteiger charge is -2.09. The fraction of sp³-hybridized carbons (Fsp3) is 0.222. The molecule has 0 atom stereocenters. The molecular weight excluding hydrogens is 368 g/mol. The summed E-state index contributed by atoms with van der Waals surface area (Å²) in [5, 5.41) is 43.2. The van der Waals surface area contributed by atoms with E-state index in [-0.39, 0.29) is 22.5 Å². The van der Waals surface area contributed by atoms with Crippen molar-refractivity contribution in [1.82, 2.24) is 0 Å². The van der Waals surface area contributed by atoms with Crippen LogP contribution in [0.3, 0.4) is 0 Å². The van der Waals surface area contributed by atoms with Crippen LogP contribution in [0.15, 0.2) is 36.4 Å². The summed E-state index contributed by atoms with van der Waals surface area (Å²) in [5.74, 6) is -3.57. The molecule has 10 heteroatoms. The van der Waals surface area contributed by atoms with Gasteiger partial charge in [-0.25, -0.2) is 9.59 Å². The van der Waals surface area contributed by atoms with Gasteiger partial charge in [-0.15, -0.1) is 0 Å². The third kappa shape index (κ3) is 7.81. The fourth-order valence-electron chi connectivity index (χ4n) is 2.19. The summed E-state index contributed by atoms with van der Waals surface area (Å²) in [6.45, 7) is 5.28. The summed E-state index contributed by atoms with van der Waals surface area (Å²) in [5.41, 5.74) is 10.5. The minimum absolute atomic E-state index is 0.251. The van der Waals surface area contributed by atoms with Crippen molar-refractivity contribution in [3.8, 4) is 11.5 Å². The van der Waals surface area contributed by atoms with Gasteiger partial charge in [0.25, 0.3) is 0 Å². The minimum atomic E-state index is -1.23. The van der Waals surface area contributed by atoms with E-state index in [0.29, 0.717) is 0 Å². The highest BCUT2D eigenvalue weighted by Crippen LogP contribution is 2.17. The standard InChI is InChI=1S/2C7H7NO3.C4H10N2/c2*8-4-1-2-5(7(10)11)6(9)3-4;1-2-6-4-3-5-1/h2*1-3,9H,8H2,(H,10,11);5-6H,1-4H2. The molecule has 10 nitrogen and oxygen atoms in total. The van der Waals surface area contributed by atoms with E-state index in [1.165, 1.54) is 50.4 Å². The number of hydrogen-bond donors (Lipinski definition) is 6. The highest BCUT2D eigenvalue weighted by Gasteiger charge is 2.02. The summed E-state index contributed by atoms with van der Waals surface area (Å²) in [6.07, 6.45) is 0. The summed E-state index contributed by atoms with van der Waals surface area (Å²) >= 11 is 0. The maximum atomic E-state index is 10.8. The van der Waals surface area contributed by atoms with E-state index in [4.69, 9.17) is 21.7 Å². The zero-order valence-electron chi connectivity index (χ0n) is 15.1. The number of quaternary nitrogens is 2. The van der Waals surface area contributed by atoms with Crippen LogP contribution >= 0.6 is 0 Å². The van der Waals surface area contributed by atoms with Gasteiger partial charge in [-0.1, -0.05) is 11.5 Å². The number of rotatable bonds is 2. The molecule has 1 aliphatic rings. The molecular formula is C18H24N4O6. The Morgan fingerprint density at radius 3 is 1.29 bits per heavy atom. The molecule has 1 heterocycles. The van der Waals surface area contributed by atoms with Crippen molar-refractivity contribution < 1.29 is 40.6 Å². The van der Waals surface area contributed by atoms with Crippen molar-refractivity contribution in [2.45, 2.75) is 0 Å². The summed E-state index contributed by atoms with van der Waals surface area (Å²) in [6, 6.07) is 7.32. The Morgan fingerprint density at radius 2 is 1.07 bits per heavy atom. The number of benzene rings is 2. The Hall–Kier alpha value is -3.50. The van der Waals surface area contributed by atoms with Crippen LogP contribution in [-0.2, 0) is 0 Å². The molecule has 0 bridgehead atoms. The van der Waals surface area contributed by atoms with Gasteiger partial charge in [-0.2, -0.15) is 0 Å². The number of nitrogens with two attached hydrogens (primary N) is 4. The van der Waals surface area contributed by atoms with E-state index >= 15 is 0 Å². The minimum Gasteiger partial charge on any atom is -0.872 e. The molecule has 1 fully saturated rings. The number of hydrogen-bond acceptors (Lipinski definition) is 6. The second kappa shape index (κ2) is 11.3.